The molecule has 1 atom stereocenters. The fourth-order valence-corrected chi connectivity index (χ4v) is 1.76. The summed E-state index contributed by atoms with van der Waals surface area (Å²) >= 11 is 3.31. The molecule has 0 fully saturated rings. The van der Waals surface area contributed by atoms with E-state index in [1.54, 1.807) is 12.1 Å². The SMILES string of the molecule is CNC(=O)C(C)(CCOc1ccc(Br)cc1)C(=O)O. The summed E-state index contributed by atoms with van der Waals surface area (Å²) in [6.45, 7) is 1.54. The van der Waals surface area contributed by atoms with Crippen molar-refractivity contribution in [1.29, 1.82) is 0 Å². The van der Waals surface area contributed by atoms with Crippen LogP contribution in [-0.4, -0.2) is 30.6 Å². The Balaban J connectivity index is 2.61. The number of ether oxygens (including phenoxy) is 1. The molecule has 5 nitrogen and oxygen atoms in total. The molecule has 0 aromatic heterocycles. The molecule has 19 heavy (non-hydrogen) atoms. The summed E-state index contributed by atoms with van der Waals surface area (Å²) in [5.74, 6) is -1.06. The van der Waals surface area contributed by atoms with E-state index in [9.17, 15) is 9.59 Å². The third kappa shape index (κ3) is 3.96. The second kappa shape index (κ2) is 6.56. The lowest BCUT2D eigenvalue weighted by molar-refractivity contribution is -0.155. The average Bonchev–Trinajstić information content (AvgIpc) is 2.39. The number of benzene rings is 1. The van der Waals surface area contributed by atoms with E-state index in [1.165, 1.54) is 14.0 Å². The van der Waals surface area contributed by atoms with Crippen molar-refractivity contribution in [3.05, 3.63) is 28.7 Å². The first kappa shape index (κ1) is 15.5. The smallest absolute Gasteiger partial charge is 0.319 e. The van der Waals surface area contributed by atoms with Crippen LogP contribution in [0.3, 0.4) is 0 Å². The molecule has 1 rings (SSSR count). The van der Waals surface area contributed by atoms with Gasteiger partial charge >= 0.3 is 5.97 Å². The van der Waals surface area contributed by atoms with E-state index in [0.29, 0.717) is 5.75 Å². The molecule has 1 amide bonds. The molecule has 0 saturated heterocycles. The van der Waals surface area contributed by atoms with Gasteiger partial charge in [-0.25, -0.2) is 0 Å². The van der Waals surface area contributed by atoms with Gasteiger partial charge in [0.05, 0.1) is 6.61 Å². The molecule has 0 radical (unpaired) electrons. The number of hydrogen-bond donors (Lipinski definition) is 2. The molecule has 0 spiro atoms. The van der Waals surface area contributed by atoms with Gasteiger partial charge in [-0.1, -0.05) is 15.9 Å². The summed E-state index contributed by atoms with van der Waals surface area (Å²) in [6.07, 6.45) is 0.0953. The zero-order valence-corrected chi connectivity index (χ0v) is 12.4. The van der Waals surface area contributed by atoms with Crippen LogP contribution in [-0.2, 0) is 9.59 Å². The van der Waals surface area contributed by atoms with Gasteiger partial charge in [0, 0.05) is 17.9 Å². The first-order chi connectivity index (χ1) is 8.90. The van der Waals surface area contributed by atoms with Crippen molar-refractivity contribution in [2.24, 2.45) is 5.41 Å². The minimum Gasteiger partial charge on any atom is -0.494 e. The number of halogens is 1. The fourth-order valence-electron chi connectivity index (χ4n) is 1.50. The summed E-state index contributed by atoms with van der Waals surface area (Å²) in [5, 5.41) is 11.5. The molecule has 2 N–H and O–H groups in total. The van der Waals surface area contributed by atoms with Crippen molar-refractivity contribution in [2.75, 3.05) is 13.7 Å². The maximum absolute atomic E-state index is 11.6. The van der Waals surface area contributed by atoms with Gasteiger partial charge in [-0.05, 0) is 31.2 Å². The molecule has 0 bridgehead atoms. The lowest BCUT2D eigenvalue weighted by Gasteiger charge is -2.22. The van der Waals surface area contributed by atoms with Crippen molar-refractivity contribution in [2.45, 2.75) is 13.3 Å². The Morgan fingerprint density at radius 2 is 1.95 bits per heavy atom. The molecule has 0 heterocycles. The second-order valence-electron chi connectivity index (χ2n) is 4.27. The quantitative estimate of drug-likeness (QED) is 0.783. The van der Waals surface area contributed by atoms with Gasteiger partial charge < -0.3 is 15.2 Å². The van der Waals surface area contributed by atoms with Gasteiger partial charge in [0.15, 0.2) is 0 Å². The highest BCUT2D eigenvalue weighted by Gasteiger charge is 2.40. The Morgan fingerprint density at radius 1 is 1.37 bits per heavy atom. The van der Waals surface area contributed by atoms with Crippen LogP contribution in [0, 0.1) is 5.41 Å². The van der Waals surface area contributed by atoms with Gasteiger partial charge in [0.1, 0.15) is 11.2 Å². The molecular formula is C13H16BrNO4. The van der Waals surface area contributed by atoms with E-state index in [-0.39, 0.29) is 13.0 Å². The van der Waals surface area contributed by atoms with Crippen LogP contribution >= 0.6 is 15.9 Å². The van der Waals surface area contributed by atoms with Gasteiger partial charge in [-0.2, -0.15) is 0 Å². The Hall–Kier alpha value is -1.56. The first-order valence-corrected chi connectivity index (χ1v) is 6.53. The summed E-state index contributed by atoms with van der Waals surface area (Å²) < 4.78 is 6.37. The van der Waals surface area contributed by atoms with Crippen LogP contribution in [0.2, 0.25) is 0 Å². The number of carbonyl (C=O) groups is 2. The predicted octanol–water partition coefficient (Wildman–Crippen LogP) is 2.05. The van der Waals surface area contributed by atoms with Crippen molar-refractivity contribution >= 4 is 27.8 Å². The molecule has 1 aromatic carbocycles. The van der Waals surface area contributed by atoms with Crippen molar-refractivity contribution < 1.29 is 19.4 Å². The Kier molecular flexibility index (Phi) is 5.35. The van der Waals surface area contributed by atoms with E-state index < -0.39 is 17.3 Å². The van der Waals surface area contributed by atoms with Gasteiger partial charge in [0.25, 0.3) is 0 Å². The van der Waals surface area contributed by atoms with Gasteiger partial charge in [-0.3, -0.25) is 9.59 Å². The number of nitrogens with one attached hydrogen (secondary N) is 1. The highest BCUT2D eigenvalue weighted by Crippen LogP contribution is 2.23. The standard InChI is InChI=1S/C13H16BrNO4/c1-13(12(17)18,11(16)15-2)7-8-19-10-5-3-9(14)4-6-10/h3-6H,7-8H2,1-2H3,(H,15,16)(H,17,18). The third-order valence-electron chi connectivity index (χ3n) is 2.88. The number of hydrogen-bond acceptors (Lipinski definition) is 3. The van der Waals surface area contributed by atoms with Gasteiger partial charge in [0.2, 0.25) is 5.91 Å². The highest BCUT2D eigenvalue weighted by atomic mass is 79.9. The molecule has 0 aliphatic rings. The lowest BCUT2D eigenvalue weighted by Crippen LogP contribution is -2.44. The molecule has 0 aliphatic heterocycles. The van der Waals surface area contributed by atoms with Crippen LogP contribution in [0.25, 0.3) is 0 Å². The van der Waals surface area contributed by atoms with E-state index in [4.69, 9.17) is 9.84 Å². The zero-order valence-electron chi connectivity index (χ0n) is 10.8. The molecule has 0 saturated carbocycles. The predicted molar refractivity (Wildman–Crippen MR) is 74.1 cm³/mol. The minimum absolute atomic E-state index is 0.0953. The number of amides is 1. The summed E-state index contributed by atoms with van der Waals surface area (Å²) in [7, 11) is 1.42. The van der Waals surface area contributed by atoms with Crippen LogP contribution in [0.1, 0.15) is 13.3 Å². The van der Waals surface area contributed by atoms with Crippen molar-refractivity contribution in [1.82, 2.24) is 5.32 Å². The molecule has 6 heteroatoms. The molecular weight excluding hydrogens is 314 g/mol. The van der Waals surface area contributed by atoms with E-state index in [0.717, 1.165) is 4.47 Å². The molecule has 104 valence electrons. The van der Waals surface area contributed by atoms with Crippen molar-refractivity contribution in [3.8, 4) is 5.75 Å². The maximum atomic E-state index is 11.6. The Morgan fingerprint density at radius 3 is 2.42 bits per heavy atom. The summed E-state index contributed by atoms with van der Waals surface area (Å²) in [6, 6.07) is 7.18. The third-order valence-corrected chi connectivity index (χ3v) is 3.41. The summed E-state index contributed by atoms with van der Waals surface area (Å²) in [4.78, 5) is 22.8. The number of aliphatic carboxylic acids is 1. The van der Waals surface area contributed by atoms with Crippen molar-refractivity contribution in [3.63, 3.8) is 0 Å². The van der Waals surface area contributed by atoms with E-state index in [2.05, 4.69) is 21.2 Å². The fraction of sp³-hybridized carbons (Fsp3) is 0.385. The normalized spacial score (nSPS) is 13.4. The van der Waals surface area contributed by atoms with Crippen LogP contribution in [0.15, 0.2) is 28.7 Å². The number of rotatable bonds is 6. The van der Waals surface area contributed by atoms with E-state index in [1.807, 2.05) is 12.1 Å². The maximum Gasteiger partial charge on any atom is 0.319 e. The second-order valence-corrected chi connectivity index (χ2v) is 5.18. The number of carboxylic acids is 1. The molecule has 0 aliphatic carbocycles. The van der Waals surface area contributed by atoms with Crippen LogP contribution < -0.4 is 10.1 Å². The number of carbonyl (C=O) groups excluding carboxylic acids is 1. The highest BCUT2D eigenvalue weighted by molar-refractivity contribution is 9.10. The topological polar surface area (TPSA) is 75.6 Å². The average molecular weight is 330 g/mol. The largest absolute Gasteiger partial charge is 0.494 e. The lowest BCUT2D eigenvalue weighted by atomic mass is 9.86. The van der Waals surface area contributed by atoms with Gasteiger partial charge in [-0.15, -0.1) is 0 Å². The van der Waals surface area contributed by atoms with E-state index >= 15 is 0 Å². The monoisotopic (exact) mass is 329 g/mol. The Bertz CT molecular complexity index is 460. The molecule has 1 unspecified atom stereocenters. The molecule has 1 aromatic rings. The van der Waals surface area contributed by atoms with Crippen LogP contribution in [0.4, 0.5) is 0 Å². The Labute approximate surface area is 120 Å². The zero-order chi connectivity index (χ0) is 14.5. The number of carboxylic acid groups (broad SMARTS) is 1. The van der Waals surface area contributed by atoms with Crippen LogP contribution in [0.5, 0.6) is 5.75 Å². The first-order valence-electron chi connectivity index (χ1n) is 5.74. The minimum atomic E-state index is -1.48. The summed E-state index contributed by atoms with van der Waals surface area (Å²) in [5.41, 5.74) is -1.48.